The van der Waals surface area contributed by atoms with Crippen LogP contribution in [0.2, 0.25) is 0 Å². The molecule has 4 rings (SSSR count). The monoisotopic (exact) mass is 325 g/mol. The summed E-state index contributed by atoms with van der Waals surface area (Å²) in [5.74, 6) is -0.565. The molecule has 1 N–H and O–H groups in total. The van der Waals surface area contributed by atoms with Gasteiger partial charge in [-0.1, -0.05) is 17.3 Å². The number of nitrogens with one attached hydrogen (secondary N) is 1. The van der Waals surface area contributed by atoms with E-state index in [1.807, 2.05) is 31.2 Å². The molecule has 0 bridgehead atoms. The average molecular weight is 325 g/mol. The molecule has 1 atom stereocenters. The third-order valence-corrected chi connectivity index (χ3v) is 3.92. The molecule has 2 heterocycles. The van der Waals surface area contributed by atoms with Gasteiger partial charge in [-0.25, -0.2) is 18.4 Å². The average Bonchev–Trinajstić information content (AvgIpc) is 3.21. The van der Waals surface area contributed by atoms with E-state index in [0.717, 1.165) is 22.9 Å². The van der Waals surface area contributed by atoms with E-state index >= 15 is 0 Å². The fourth-order valence-electron chi connectivity index (χ4n) is 2.58. The van der Waals surface area contributed by atoms with Gasteiger partial charge in [-0.05, 0) is 31.2 Å². The van der Waals surface area contributed by atoms with Gasteiger partial charge in [0.25, 0.3) is 0 Å². The standard InChI is InChI=1S/C17H13F2N5/c1-10(17-20-14-4-2-3-5-15(14)21-17)24-9-16(22-23-24)12-7-6-11(18)8-13(12)19/h2-10H,1H3,(H,20,21). The molecule has 5 nitrogen and oxygen atoms in total. The number of fused-ring (bicyclic) bond motifs is 1. The number of rotatable bonds is 3. The Balaban J connectivity index is 1.68. The molecule has 0 radical (unpaired) electrons. The molecule has 2 aromatic carbocycles. The minimum atomic E-state index is -0.668. The highest BCUT2D eigenvalue weighted by molar-refractivity contribution is 5.74. The van der Waals surface area contributed by atoms with E-state index in [1.54, 1.807) is 10.9 Å². The predicted molar refractivity (Wildman–Crippen MR) is 85.3 cm³/mol. The first-order valence-electron chi connectivity index (χ1n) is 7.44. The van der Waals surface area contributed by atoms with E-state index in [4.69, 9.17) is 0 Å². The van der Waals surface area contributed by atoms with Crippen molar-refractivity contribution in [1.29, 1.82) is 0 Å². The molecule has 0 saturated heterocycles. The van der Waals surface area contributed by atoms with Crippen LogP contribution in [-0.2, 0) is 0 Å². The number of aromatic amines is 1. The lowest BCUT2D eigenvalue weighted by atomic mass is 10.1. The topological polar surface area (TPSA) is 59.4 Å². The molecule has 2 aromatic heterocycles. The van der Waals surface area contributed by atoms with Gasteiger partial charge >= 0.3 is 0 Å². The largest absolute Gasteiger partial charge is 0.340 e. The lowest BCUT2D eigenvalue weighted by Crippen LogP contribution is -2.09. The molecule has 0 fully saturated rings. The lowest BCUT2D eigenvalue weighted by molar-refractivity contribution is 0.523. The van der Waals surface area contributed by atoms with E-state index in [2.05, 4.69) is 20.3 Å². The third-order valence-electron chi connectivity index (χ3n) is 3.92. The minimum Gasteiger partial charge on any atom is -0.340 e. The van der Waals surface area contributed by atoms with E-state index in [9.17, 15) is 8.78 Å². The fraction of sp³-hybridized carbons (Fsp3) is 0.118. The van der Waals surface area contributed by atoms with Crippen LogP contribution in [0.3, 0.4) is 0 Å². The van der Waals surface area contributed by atoms with E-state index in [0.29, 0.717) is 5.69 Å². The summed E-state index contributed by atoms with van der Waals surface area (Å²) in [6.45, 7) is 1.91. The van der Waals surface area contributed by atoms with Crippen LogP contribution in [-0.4, -0.2) is 25.0 Å². The van der Waals surface area contributed by atoms with Gasteiger partial charge in [0.1, 0.15) is 29.2 Å². The van der Waals surface area contributed by atoms with E-state index in [1.165, 1.54) is 12.1 Å². The van der Waals surface area contributed by atoms with Gasteiger partial charge in [-0.2, -0.15) is 0 Å². The lowest BCUT2D eigenvalue weighted by Gasteiger charge is -2.07. The van der Waals surface area contributed by atoms with Gasteiger partial charge in [-0.3, -0.25) is 0 Å². The van der Waals surface area contributed by atoms with Crippen LogP contribution >= 0.6 is 0 Å². The molecular formula is C17H13F2N5. The van der Waals surface area contributed by atoms with Crippen molar-refractivity contribution in [2.75, 3.05) is 0 Å². The van der Waals surface area contributed by atoms with Crippen molar-refractivity contribution in [2.45, 2.75) is 13.0 Å². The van der Waals surface area contributed by atoms with Crippen LogP contribution in [0.1, 0.15) is 18.8 Å². The van der Waals surface area contributed by atoms with E-state index in [-0.39, 0.29) is 11.6 Å². The zero-order chi connectivity index (χ0) is 16.7. The second kappa shape index (κ2) is 5.52. The Kier molecular flexibility index (Phi) is 3.34. The van der Waals surface area contributed by atoms with Gasteiger partial charge < -0.3 is 4.98 Å². The van der Waals surface area contributed by atoms with Gasteiger partial charge in [0, 0.05) is 11.6 Å². The van der Waals surface area contributed by atoms with Crippen molar-refractivity contribution in [3.63, 3.8) is 0 Å². The van der Waals surface area contributed by atoms with Crippen LogP contribution in [0.15, 0.2) is 48.7 Å². The Morgan fingerprint density at radius 3 is 2.75 bits per heavy atom. The number of aromatic nitrogens is 5. The van der Waals surface area contributed by atoms with Crippen LogP contribution in [0, 0.1) is 11.6 Å². The maximum Gasteiger partial charge on any atom is 0.135 e. The number of hydrogen-bond donors (Lipinski definition) is 1. The highest BCUT2D eigenvalue weighted by Crippen LogP contribution is 2.24. The first kappa shape index (κ1) is 14.5. The molecule has 1 unspecified atom stereocenters. The van der Waals surface area contributed by atoms with Crippen molar-refractivity contribution in [2.24, 2.45) is 0 Å². The van der Waals surface area contributed by atoms with Crippen molar-refractivity contribution in [3.05, 3.63) is 66.1 Å². The third kappa shape index (κ3) is 2.44. The summed E-state index contributed by atoms with van der Waals surface area (Å²) in [5, 5.41) is 8.04. The van der Waals surface area contributed by atoms with Crippen molar-refractivity contribution in [1.82, 2.24) is 25.0 Å². The Labute approximate surface area is 136 Å². The van der Waals surface area contributed by atoms with Crippen LogP contribution < -0.4 is 0 Å². The maximum absolute atomic E-state index is 13.9. The normalized spacial score (nSPS) is 12.6. The summed E-state index contributed by atoms with van der Waals surface area (Å²) >= 11 is 0. The number of imidazole rings is 1. The number of nitrogens with zero attached hydrogens (tertiary/aromatic N) is 4. The molecule has 7 heteroatoms. The summed E-state index contributed by atoms with van der Waals surface area (Å²) in [5.41, 5.74) is 2.35. The highest BCUT2D eigenvalue weighted by Gasteiger charge is 2.16. The summed E-state index contributed by atoms with van der Waals surface area (Å²) in [4.78, 5) is 7.77. The fourth-order valence-corrected chi connectivity index (χ4v) is 2.58. The van der Waals surface area contributed by atoms with Crippen LogP contribution in [0.5, 0.6) is 0 Å². The molecule has 4 aromatic rings. The highest BCUT2D eigenvalue weighted by atomic mass is 19.1. The molecule has 0 aliphatic heterocycles. The second-order valence-electron chi connectivity index (χ2n) is 5.52. The number of benzene rings is 2. The first-order valence-corrected chi connectivity index (χ1v) is 7.44. The quantitative estimate of drug-likeness (QED) is 0.625. The van der Waals surface area contributed by atoms with Crippen LogP contribution in [0.25, 0.3) is 22.3 Å². The van der Waals surface area contributed by atoms with Crippen molar-refractivity contribution < 1.29 is 8.78 Å². The van der Waals surface area contributed by atoms with Gasteiger partial charge in [-0.15, -0.1) is 5.10 Å². The molecule has 120 valence electrons. The van der Waals surface area contributed by atoms with Gasteiger partial charge in [0.2, 0.25) is 0 Å². The number of para-hydroxylation sites is 2. The predicted octanol–water partition coefficient (Wildman–Crippen LogP) is 3.71. The molecule has 0 spiro atoms. The molecule has 24 heavy (non-hydrogen) atoms. The van der Waals surface area contributed by atoms with Gasteiger partial charge in [0.05, 0.1) is 17.2 Å². The van der Waals surface area contributed by atoms with Crippen molar-refractivity contribution >= 4 is 11.0 Å². The Hall–Kier alpha value is -3.09. The Morgan fingerprint density at radius 2 is 1.96 bits per heavy atom. The van der Waals surface area contributed by atoms with E-state index < -0.39 is 11.6 Å². The SMILES string of the molecule is CC(c1nc2ccccc2[nH]1)n1cc(-c2ccc(F)cc2F)nn1. The second-order valence-corrected chi connectivity index (χ2v) is 5.52. The first-order chi connectivity index (χ1) is 11.6. The molecule has 0 aliphatic carbocycles. The summed E-state index contributed by atoms with van der Waals surface area (Å²) in [7, 11) is 0. The number of hydrogen-bond acceptors (Lipinski definition) is 3. The molecule has 0 saturated carbocycles. The molecular weight excluding hydrogens is 312 g/mol. The summed E-state index contributed by atoms with van der Waals surface area (Å²) in [6.07, 6.45) is 1.62. The zero-order valence-electron chi connectivity index (χ0n) is 12.7. The number of halogens is 2. The Bertz CT molecular complexity index is 988. The van der Waals surface area contributed by atoms with Crippen molar-refractivity contribution in [3.8, 4) is 11.3 Å². The minimum absolute atomic E-state index is 0.206. The van der Waals surface area contributed by atoms with Gasteiger partial charge in [0.15, 0.2) is 0 Å². The smallest absolute Gasteiger partial charge is 0.135 e. The molecule has 0 amide bonds. The summed E-state index contributed by atoms with van der Waals surface area (Å²) < 4.78 is 28.5. The number of H-pyrrole nitrogens is 1. The summed E-state index contributed by atoms with van der Waals surface area (Å²) in [6, 6.07) is 10.9. The zero-order valence-corrected chi connectivity index (χ0v) is 12.7. The molecule has 0 aliphatic rings. The maximum atomic E-state index is 13.9. The van der Waals surface area contributed by atoms with Crippen LogP contribution in [0.4, 0.5) is 8.78 Å². The Morgan fingerprint density at radius 1 is 1.12 bits per heavy atom.